The summed E-state index contributed by atoms with van der Waals surface area (Å²) >= 11 is 0. The Morgan fingerprint density at radius 1 is 0.941 bits per heavy atom. The van der Waals surface area contributed by atoms with Crippen LogP contribution in [0.1, 0.15) is 15.9 Å². The first kappa shape index (κ1) is 11.0. The minimum Gasteiger partial charge on any atom is -0.289 e. The summed E-state index contributed by atoms with van der Waals surface area (Å²) in [5, 5.41) is 0. The lowest BCUT2D eigenvalue weighted by Gasteiger charge is -1.99. The topological polar surface area (TPSA) is 63.2 Å². The summed E-state index contributed by atoms with van der Waals surface area (Å²) in [6, 6.07) is 15.2. The van der Waals surface area contributed by atoms with Crippen molar-refractivity contribution in [1.82, 2.24) is 0 Å². The number of hydrogen-bond donors (Lipinski definition) is 1. The third-order valence-electron chi connectivity index (χ3n) is 2.40. The number of carbonyl (C=O) groups excluding carboxylic acids is 1. The van der Waals surface area contributed by atoms with Crippen molar-refractivity contribution in [3.05, 3.63) is 70.6 Å². The second-order valence-electron chi connectivity index (χ2n) is 3.57. The third-order valence-corrected chi connectivity index (χ3v) is 2.40. The normalized spacial score (nSPS) is 9.88. The van der Waals surface area contributed by atoms with E-state index in [4.69, 9.17) is 5.84 Å². The predicted octanol–water partition coefficient (Wildman–Crippen LogP) is 2.20. The maximum Gasteiger partial charge on any atom is 0.292 e. The minimum absolute atomic E-state index is 0.130. The van der Waals surface area contributed by atoms with Crippen LogP contribution in [0, 0.1) is 4.91 Å². The van der Waals surface area contributed by atoms with Crippen molar-refractivity contribution in [3.8, 4) is 0 Å². The van der Waals surface area contributed by atoms with Crippen LogP contribution in [0.25, 0.3) is 0 Å². The van der Waals surface area contributed by atoms with Gasteiger partial charge in [-0.2, -0.15) is 5.84 Å². The minimum atomic E-state index is -0.130. The summed E-state index contributed by atoms with van der Waals surface area (Å²) < 4.78 is 0. The Hall–Kier alpha value is -2.49. The van der Waals surface area contributed by atoms with E-state index >= 15 is 0 Å². The zero-order chi connectivity index (χ0) is 12.3. The fraction of sp³-hybridized carbons (Fsp3) is 0. The van der Waals surface area contributed by atoms with Crippen LogP contribution in [0.2, 0.25) is 0 Å². The lowest BCUT2D eigenvalue weighted by atomic mass is 10.0. The van der Waals surface area contributed by atoms with Crippen LogP contribution in [0.3, 0.4) is 0 Å². The largest absolute Gasteiger partial charge is 0.292 e. The maximum absolute atomic E-state index is 12.1. The van der Waals surface area contributed by atoms with E-state index < -0.39 is 0 Å². The lowest BCUT2D eigenvalue weighted by Crippen LogP contribution is -2.10. The Labute approximate surface area is 98.2 Å². The molecular weight excluding hydrogens is 216 g/mol. The number of nitrogens with zero attached hydrogens (tertiary/aromatic N) is 1. The molecule has 0 saturated heterocycles. The molecule has 0 aliphatic heterocycles. The number of rotatable bonds is 3. The van der Waals surface area contributed by atoms with Gasteiger partial charge in [-0.3, -0.25) is 4.79 Å². The molecule has 0 radical (unpaired) electrons. The van der Waals surface area contributed by atoms with Crippen LogP contribution in [-0.4, -0.2) is 10.7 Å². The van der Waals surface area contributed by atoms with Crippen LogP contribution in [-0.2, 0) is 0 Å². The van der Waals surface area contributed by atoms with E-state index in [0.29, 0.717) is 11.1 Å². The molecule has 0 aliphatic carbocycles. The number of nitrogens with two attached hydrogens (primary N) is 1. The van der Waals surface area contributed by atoms with E-state index in [0.717, 1.165) is 0 Å². The third kappa shape index (κ3) is 2.36. The van der Waals surface area contributed by atoms with Crippen LogP contribution >= 0.6 is 0 Å². The molecule has 0 saturated carbocycles. The fourth-order valence-corrected chi connectivity index (χ4v) is 1.54. The van der Waals surface area contributed by atoms with Crippen LogP contribution in [0.5, 0.6) is 0 Å². The molecule has 0 fully saturated rings. The Kier molecular flexibility index (Phi) is 2.96. The van der Waals surface area contributed by atoms with Gasteiger partial charge in [-0.15, -0.1) is 0 Å². The Bertz CT molecular complexity index is 565. The Morgan fingerprint density at radius 3 is 2.24 bits per heavy atom. The zero-order valence-corrected chi connectivity index (χ0v) is 9.04. The van der Waals surface area contributed by atoms with Crippen molar-refractivity contribution in [3.63, 3.8) is 0 Å². The van der Waals surface area contributed by atoms with Gasteiger partial charge < -0.3 is 0 Å². The van der Waals surface area contributed by atoms with Gasteiger partial charge in [-0.1, -0.05) is 42.5 Å². The van der Waals surface area contributed by atoms with E-state index in [1.807, 2.05) is 6.07 Å². The van der Waals surface area contributed by atoms with Crippen molar-refractivity contribution in [1.29, 1.82) is 0 Å². The summed E-state index contributed by atoms with van der Waals surface area (Å²) in [4.78, 5) is 23.2. The highest BCUT2D eigenvalue weighted by molar-refractivity contribution is 6.09. The number of ketones is 1. The number of carbonyl (C=O) groups is 1. The average molecular weight is 227 g/mol. The Morgan fingerprint density at radius 2 is 1.59 bits per heavy atom. The standard InChI is InChI=1S/C13H11N2O2/c14-15(17)12-8-4-7-11(9-12)13(16)10-5-2-1-3-6-10/h1-9H,(H2,14,17)/q+1. The molecule has 0 bridgehead atoms. The fourth-order valence-electron chi connectivity index (χ4n) is 1.54. The van der Waals surface area contributed by atoms with Gasteiger partial charge in [-0.25, -0.2) is 0 Å². The van der Waals surface area contributed by atoms with Crippen molar-refractivity contribution < 1.29 is 9.66 Å². The highest BCUT2D eigenvalue weighted by Crippen LogP contribution is 2.15. The summed E-state index contributed by atoms with van der Waals surface area (Å²) in [5.41, 5.74) is 1.28. The molecule has 0 unspecified atom stereocenters. The second kappa shape index (κ2) is 4.57. The number of hydrazine groups is 1. The van der Waals surface area contributed by atoms with Crippen molar-refractivity contribution >= 4 is 11.5 Å². The van der Waals surface area contributed by atoms with Crippen molar-refractivity contribution in [2.24, 2.45) is 5.84 Å². The van der Waals surface area contributed by atoms with Gasteiger partial charge in [0.2, 0.25) is 0 Å². The predicted molar refractivity (Wildman–Crippen MR) is 63.8 cm³/mol. The Balaban J connectivity index is 2.38. The summed E-state index contributed by atoms with van der Waals surface area (Å²) in [7, 11) is 0. The van der Waals surface area contributed by atoms with Gasteiger partial charge in [0.15, 0.2) is 10.7 Å². The summed E-state index contributed by atoms with van der Waals surface area (Å²) in [6.07, 6.45) is 0. The van der Waals surface area contributed by atoms with Gasteiger partial charge in [-0.05, 0) is 0 Å². The van der Waals surface area contributed by atoms with Crippen LogP contribution in [0.15, 0.2) is 54.6 Å². The lowest BCUT2D eigenvalue weighted by molar-refractivity contribution is -0.474. The number of nitroso groups, excluding NO2 is 1. The molecule has 2 N–H and O–H groups in total. The van der Waals surface area contributed by atoms with E-state index in [9.17, 15) is 9.70 Å². The first-order chi connectivity index (χ1) is 8.18. The molecule has 0 spiro atoms. The van der Waals surface area contributed by atoms with E-state index in [1.165, 1.54) is 6.07 Å². The average Bonchev–Trinajstić information content (AvgIpc) is 2.39. The molecule has 2 aromatic rings. The zero-order valence-electron chi connectivity index (χ0n) is 9.04. The van der Waals surface area contributed by atoms with Crippen LogP contribution < -0.4 is 5.84 Å². The molecule has 2 rings (SSSR count). The number of benzene rings is 2. The van der Waals surface area contributed by atoms with E-state index in [2.05, 4.69) is 0 Å². The van der Waals surface area contributed by atoms with Crippen molar-refractivity contribution in [2.45, 2.75) is 0 Å². The molecule has 0 amide bonds. The second-order valence-corrected chi connectivity index (χ2v) is 3.57. The molecular formula is C13H11N2O2+. The van der Waals surface area contributed by atoms with Gasteiger partial charge in [0.05, 0.1) is 4.91 Å². The molecule has 84 valence electrons. The monoisotopic (exact) mass is 227 g/mol. The molecule has 4 heteroatoms. The first-order valence-corrected chi connectivity index (χ1v) is 5.10. The van der Waals surface area contributed by atoms with Crippen molar-refractivity contribution in [2.75, 3.05) is 0 Å². The van der Waals surface area contributed by atoms with Crippen LogP contribution in [0.4, 0.5) is 5.69 Å². The quantitative estimate of drug-likeness (QED) is 0.378. The molecule has 4 nitrogen and oxygen atoms in total. The molecule has 0 aromatic heterocycles. The van der Waals surface area contributed by atoms with E-state index in [-0.39, 0.29) is 16.3 Å². The molecule has 2 aromatic carbocycles. The summed E-state index contributed by atoms with van der Waals surface area (Å²) in [5.74, 6) is 4.96. The van der Waals surface area contributed by atoms with Gasteiger partial charge in [0.25, 0.3) is 5.69 Å². The van der Waals surface area contributed by atoms with Gasteiger partial charge in [0.1, 0.15) is 0 Å². The molecule has 0 atom stereocenters. The maximum atomic E-state index is 12.1. The highest BCUT2D eigenvalue weighted by Gasteiger charge is 2.14. The SMILES string of the molecule is N[N+](=O)c1cccc(C(=O)c2ccccc2)c1. The smallest absolute Gasteiger partial charge is 0.289 e. The first-order valence-electron chi connectivity index (χ1n) is 5.10. The molecule has 0 heterocycles. The highest BCUT2D eigenvalue weighted by atomic mass is 16.3. The van der Waals surface area contributed by atoms with Gasteiger partial charge >= 0.3 is 0 Å². The van der Waals surface area contributed by atoms with Gasteiger partial charge in [0, 0.05) is 23.3 Å². The number of hydrogen-bond acceptors (Lipinski definition) is 2. The molecule has 0 aliphatic rings. The van der Waals surface area contributed by atoms with E-state index in [1.54, 1.807) is 42.5 Å². The summed E-state index contributed by atoms with van der Waals surface area (Å²) in [6.45, 7) is 0. The molecule has 17 heavy (non-hydrogen) atoms.